The molecule has 0 atom stereocenters. The standard InChI is InChI=1S/C19H22N.2C6H6S.Sb/c1-14(2)17-11-8-12-18(15(3)4)19(17)20-13-16-9-6-5-7-10-16;2*7-6-4-2-1-3-5-6;/h5-9,11-15H,1-4H3;2*1-5,7H;/p-2. The topological polar surface area (TPSA) is 12.4 Å². The number of hydrogen-bond acceptors (Lipinski definition) is 3. The minimum atomic E-state index is 0. The van der Waals surface area contributed by atoms with Crippen molar-refractivity contribution in [3.8, 4) is 0 Å². The maximum absolute atomic E-state index is 4.81. The van der Waals surface area contributed by atoms with Gasteiger partial charge in [0.25, 0.3) is 0 Å². The smallest absolute Gasteiger partial charge is 0.0699 e. The Kier molecular flexibility index (Phi) is 15.2. The van der Waals surface area contributed by atoms with Gasteiger partial charge < -0.3 is 25.3 Å². The van der Waals surface area contributed by atoms with Crippen molar-refractivity contribution < 1.29 is 0 Å². The molecule has 0 bridgehead atoms. The number of benzene rings is 4. The zero-order chi connectivity index (χ0) is 24.8. The molecule has 0 heterocycles. The summed E-state index contributed by atoms with van der Waals surface area (Å²) in [6.45, 7) is 8.86. The van der Waals surface area contributed by atoms with Crippen LogP contribution in [0.3, 0.4) is 0 Å². The summed E-state index contributed by atoms with van der Waals surface area (Å²) < 4.78 is 0. The quantitative estimate of drug-likeness (QED) is 0.132. The number of nitrogens with zero attached hydrogens (tertiary/aromatic N) is 1. The van der Waals surface area contributed by atoms with E-state index in [1.165, 1.54) is 11.1 Å². The molecule has 180 valence electrons. The van der Waals surface area contributed by atoms with Crippen LogP contribution in [-0.2, 0) is 25.3 Å². The van der Waals surface area contributed by atoms with Gasteiger partial charge in [0.1, 0.15) is 0 Å². The minimum Gasteiger partial charge on any atom is -0.780 e. The average Bonchev–Trinajstić information content (AvgIpc) is 2.85. The third kappa shape index (κ3) is 11.9. The third-order valence-electron chi connectivity index (χ3n) is 4.89. The maximum atomic E-state index is 4.81. The predicted molar refractivity (Wildman–Crippen MR) is 157 cm³/mol. The summed E-state index contributed by atoms with van der Waals surface area (Å²) in [7, 11) is 0. The van der Waals surface area contributed by atoms with Gasteiger partial charge in [-0.2, -0.15) is 9.79 Å². The molecule has 0 spiro atoms. The molecule has 0 unspecified atom stereocenters. The van der Waals surface area contributed by atoms with Crippen LogP contribution in [0.15, 0.2) is 118 Å². The van der Waals surface area contributed by atoms with E-state index in [-0.39, 0.29) is 24.4 Å². The maximum Gasteiger partial charge on any atom is 0.0699 e. The largest absolute Gasteiger partial charge is 0.780 e. The summed E-state index contributed by atoms with van der Waals surface area (Å²) in [4.78, 5) is 6.57. The Morgan fingerprint density at radius 1 is 0.629 bits per heavy atom. The molecule has 0 aliphatic carbocycles. The molecular formula is C31H32NS2Sb-2. The summed E-state index contributed by atoms with van der Waals surface area (Å²) in [6.07, 6.45) is 1.91. The van der Waals surface area contributed by atoms with E-state index in [1.54, 1.807) is 0 Å². The van der Waals surface area contributed by atoms with Crippen molar-refractivity contribution in [1.29, 1.82) is 0 Å². The van der Waals surface area contributed by atoms with Crippen molar-refractivity contribution in [3.05, 3.63) is 126 Å². The van der Waals surface area contributed by atoms with Gasteiger partial charge in [0, 0.05) is 36.2 Å². The van der Waals surface area contributed by atoms with Gasteiger partial charge in [-0.15, -0.1) is 0 Å². The van der Waals surface area contributed by atoms with Gasteiger partial charge in [-0.1, -0.05) is 131 Å². The molecule has 0 amide bonds. The monoisotopic (exact) mass is 603 g/mol. The molecule has 0 aromatic heterocycles. The zero-order valence-corrected chi connectivity index (χ0v) is 24.9. The van der Waals surface area contributed by atoms with Crippen LogP contribution in [0.25, 0.3) is 0 Å². The van der Waals surface area contributed by atoms with Gasteiger partial charge >= 0.3 is 0 Å². The van der Waals surface area contributed by atoms with Crippen LogP contribution in [0.1, 0.15) is 56.2 Å². The van der Waals surface area contributed by atoms with Crippen molar-refractivity contribution in [3.63, 3.8) is 0 Å². The van der Waals surface area contributed by atoms with E-state index in [9.17, 15) is 0 Å². The van der Waals surface area contributed by atoms with Crippen LogP contribution < -0.4 is 0 Å². The fourth-order valence-electron chi connectivity index (χ4n) is 3.12. The molecule has 0 saturated heterocycles. The Hall–Kier alpha value is -2.19. The minimum absolute atomic E-state index is 0. The molecule has 0 fully saturated rings. The second kappa shape index (κ2) is 17.3. The Labute approximate surface area is 240 Å². The predicted octanol–water partition coefficient (Wildman–Crippen LogP) is 8.29. The average molecular weight is 604 g/mol. The third-order valence-corrected chi connectivity index (χ3v) is 5.44. The first-order chi connectivity index (χ1) is 16.4. The summed E-state index contributed by atoms with van der Waals surface area (Å²) in [6, 6.07) is 36.8. The van der Waals surface area contributed by atoms with Crippen molar-refractivity contribution in [2.75, 3.05) is 0 Å². The molecule has 0 saturated carbocycles. The number of hydrogen-bond donors (Lipinski definition) is 0. The van der Waals surface area contributed by atoms with E-state index in [4.69, 9.17) is 30.2 Å². The van der Waals surface area contributed by atoms with E-state index in [0.717, 1.165) is 21.0 Å². The van der Waals surface area contributed by atoms with E-state index in [1.807, 2.05) is 91.1 Å². The number of para-hydroxylation sites is 1. The van der Waals surface area contributed by atoms with Crippen molar-refractivity contribution in [2.24, 2.45) is 4.99 Å². The van der Waals surface area contributed by atoms with Gasteiger partial charge in [-0.05, 0) is 29.0 Å². The normalized spacial score (nSPS) is 10.1. The molecule has 0 aliphatic rings. The SMILES string of the molecule is CC(C)c1cccc(C(C)C)c1N=Cc1[c]cccc1.[S-]c1ccccc1.[S-]c1ccccc1.[Sb]. The fraction of sp³-hybridized carbons (Fsp3) is 0.194. The van der Waals surface area contributed by atoms with Gasteiger partial charge in [0.05, 0.1) is 5.69 Å². The van der Waals surface area contributed by atoms with Gasteiger partial charge in [0.15, 0.2) is 0 Å². The van der Waals surface area contributed by atoms with Gasteiger partial charge in [-0.3, -0.25) is 4.99 Å². The van der Waals surface area contributed by atoms with Crippen molar-refractivity contribution in [1.82, 2.24) is 0 Å². The van der Waals surface area contributed by atoms with Crippen LogP contribution >= 0.6 is 0 Å². The van der Waals surface area contributed by atoms with Crippen LogP contribution in [0.2, 0.25) is 0 Å². The Balaban J connectivity index is 0.000000332. The molecule has 4 rings (SSSR count). The van der Waals surface area contributed by atoms with Crippen molar-refractivity contribution in [2.45, 2.75) is 49.3 Å². The zero-order valence-electron chi connectivity index (χ0n) is 20.8. The van der Waals surface area contributed by atoms with Crippen LogP contribution in [0.4, 0.5) is 5.69 Å². The summed E-state index contributed by atoms with van der Waals surface area (Å²) in [5, 5.41) is 0. The molecule has 35 heavy (non-hydrogen) atoms. The molecular weight excluding hydrogens is 572 g/mol. The first-order valence-corrected chi connectivity index (χ1v) is 12.3. The van der Waals surface area contributed by atoms with E-state index in [0.29, 0.717) is 11.8 Å². The fourth-order valence-corrected chi connectivity index (χ4v) is 3.44. The first kappa shape index (κ1) is 30.8. The first-order valence-electron chi connectivity index (χ1n) is 11.5. The molecule has 4 aromatic rings. The van der Waals surface area contributed by atoms with Crippen LogP contribution in [-0.4, -0.2) is 30.6 Å². The second-order valence-corrected chi connectivity index (χ2v) is 9.24. The van der Waals surface area contributed by atoms with Crippen molar-refractivity contribution >= 4 is 61.6 Å². The number of rotatable bonds is 4. The Morgan fingerprint density at radius 3 is 1.43 bits per heavy atom. The molecule has 0 N–H and O–H groups in total. The van der Waals surface area contributed by atoms with Crippen LogP contribution in [0.5, 0.6) is 0 Å². The van der Waals surface area contributed by atoms with E-state index >= 15 is 0 Å². The van der Waals surface area contributed by atoms with Crippen LogP contribution in [0, 0.1) is 6.07 Å². The molecule has 4 radical (unpaired) electrons. The van der Waals surface area contributed by atoms with E-state index in [2.05, 4.69) is 52.0 Å². The van der Waals surface area contributed by atoms with E-state index < -0.39 is 0 Å². The summed E-state index contributed by atoms with van der Waals surface area (Å²) >= 11 is 9.62. The summed E-state index contributed by atoms with van der Waals surface area (Å²) in [5.41, 5.74) is 4.75. The Bertz CT molecular complexity index is 1050. The van der Waals surface area contributed by atoms with Gasteiger partial charge in [-0.25, -0.2) is 0 Å². The number of aliphatic imine (C=N–C) groups is 1. The molecule has 0 aliphatic heterocycles. The molecule has 4 aromatic carbocycles. The molecule has 4 heteroatoms. The molecule has 1 nitrogen and oxygen atoms in total. The Morgan fingerprint density at radius 2 is 1.09 bits per heavy atom. The second-order valence-electron chi connectivity index (χ2n) is 8.30. The summed E-state index contributed by atoms with van der Waals surface area (Å²) in [5.74, 6) is 0.946. The van der Waals surface area contributed by atoms with Gasteiger partial charge in [0.2, 0.25) is 0 Å².